The maximum atomic E-state index is 11.6. The monoisotopic (exact) mass is 462 g/mol. The number of hydrogen-bond acceptors (Lipinski definition) is 8. The molecule has 0 saturated carbocycles. The quantitative estimate of drug-likeness (QED) is 0.120. The predicted molar refractivity (Wildman–Crippen MR) is 95.8 cm³/mol. The van der Waals surface area contributed by atoms with Crippen molar-refractivity contribution in [2.24, 2.45) is 0 Å². The Labute approximate surface area is 237 Å². The number of carbonyl (C=O) groups excluding carboxylic acids is 2. The predicted octanol–water partition coefficient (Wildman–Crippen LogP) is -4.75. The van der Waals surface area contributed by atoms with Gasteiger partial charge in [-0.3, -0.25) is 9.13 Å². The van der Waals surface area contributed by atoms with Gasteiger partial charge in [-0.1, -0.05) is 0 Å². The van der Waals surface area contributed by atoms with Gasteiger partial charge in [0.05, 0.1) is 13.2 Å². The molecule has 0 aromatic heterocycles. The number of ether oxygens (including phenoxy) is 2. The standard InChI is InChI=1S/C8H16O12P2.4Na.4H/c1-3-19-5(9)7(11,21(13,14)15)8(12,22(16,17)18)6(10)20-4-2;;;;;;;;/h11-12H,3-4H2,1-2H3,(H2,13,14,15)(H2,16,17,18);;;;;;;;. The van der Waals surface area contributed by atoms with Crippen molar-refractivity contribution in [3.63, 3.8) is 0 Å². The summed E-state index contributed by atoms with van der Waals surface area (Å²) < 4.78 is 31.0. The van der Waals surface area contributed by atoms with Crippen molar-refractivity contribution in [1.29, 1.82) is 0 Å². The van der Waals surface area contributed by atoms with Crippen LogP contribution in [0.5, 0.6) is 0 Å². The van der Waals surface area contributed by atoms with Crippen LogP contribution in [0.2, 0.25) is 0 Å². The van der Waals surface area contributed by atoms with Gasteiger partial charge in [-0.15, -0.1) is 0 Å². The summed E-state index contributed by atoms with van der Waals surface area (Å²) in [5, 5.41) is 10.7. The van der Waals surface area contributed by atoms with Gasteiger partial charge in [0.2, 0.25) is 0 Å². The minimum absolute atomic E-state index is 0. The fraction of sp³-hybridized carbons (Fsp3) is 0.750. The molecule has 0 amide bonds. The molecule has 2 unspecified atom stereocenters. The molecule has 2 atom stereocenters. The Kier molecular flexibility index (Phi) is 22.9. The molecule has 0 fully saturated rings. The average Bonchev–Trinajstić information content (AvgIpc) is 2.34. The number of hydrogen-bond donors (Lipinski definition) is 6. The first-order valence-electron chi connectivity index (χ1n) is 5.62. The SMILES string of the molecule is CCOC(=O)C(O)(C(O)(C(=O)OCC)P(=O)(O)O)P(=O)(O)O.[NaH].[NaH].[NaH].[NaH]. The molecule has 138 valence electrons. The summed E-state index contributed by atoms with van der Waals surface area (Å²) in [4.78, 5) is 59.7. The van der Waals surface area contributed by atoms with E-state index >= 15 is 0 Å². The van der Waals surface area contributed by atoms with E-state index in [2.05, 4.69) is 9.47 Å². The molecule has 18 heteroatoms. The third-order valence-electron chi connectivity index (χ3n) is 2.45. The van der Waals surface area contributed by atoms with E-state index in [0.717, 1.165) is 13.8 Å². The van der Waals surface area contributed by atoms with Crippen molar-refractivity contribution in [2.75, 3.05) is 13.2 Å². The van der Waals surface area contributed by atoms with Gasteiger partial charge in [-0.25, -0.2) is 9.59 Å². The number of carbonyl (C=O) groups is 2. The molecule has 6 N–H and O–H groups in total. The van der Waals surface area contributed by atoms with E-state index in [1.807, 2.05) is 0 Å². The van der Waals surface area contributed by atoms with Gasteiger partial charge in [0.15, 0.2) is 0 Å². The number of esters is 2. The molecule has 0 aliphatic rings. The molecule has 0 aliphatic carbocycles. The summed E-state index contributed by atoms with van der Waals surface area (Å²) >= 11 is 0. The van der Waals surface area contributed by atoms with E-state index in [4.69, 9.17) is 19.6 Å². The molecule has 0 saturated heterocycles. The van der Waals surface area contributed by atoms with Crippen molar-refractivity contribution in [3.05, 3.63) is 0 Å². The van der Waals surface area contributed by atoms with Crippen LogP contribution in [0.3, 0.4) is 0 Å². The van der Waals surface area contributed by atoms with Crippen LogP contribution in [-0.4, -0.2) is 184 Å². The number of aliphatic hydroxyl groups is 2. The van der Waals surface area contributed by atoms with Gasteiger partial charge < -0.3 is 39.3 Å². The van der Waals surface area contributed by atoms with Crippen LogP contribution in [0.15, 0.2) is 0 Å². The molecule has 0 bridgehead atoms. The normalized spacial score (nSPS) is 15.2. The van der Waals surface area contributed by atoms with Crippen LogP contribution >= 0.6 is 15.2 Å². The van der Waals surface area contributed by atoms with Crippen LogP contribution < -0.4 is 0 Å². The topological polar surface area (TPSA) is 208 Å². The van der Waals surface area contributed by atoms with Crippen molar-refractivity contribution in [1.82, 2.24) is 0 Å². The molecule has 0 spiro atoms. The summed E-state index contributed by atoms with van der Waals surface area (Å²) in [6, 6.07) is 0. The molecule has 0 aromatic carbocycles. The number of rotatable bonds is 7. The summed E-state index contributed by atoms with van der Waals surface area (Å²) in [5.74, 6) is -4.61. The molecule has 12 nitrogen and oxygen atoms in total. The fourth-order valence-electron chi connectivity index (χ4n) is 1.39. The molecular weight excluding hydrogens is 442 g/mol. The summed E-state index contributed by atoms with van der Waals surface area (Å²) in [6.45, 7) is 1.11. The molecule has 0 aromatic rings. The molecule has 0 radical (unpaired) electrons. The second-order valence-electron chi connectivity index (χ2n) is 3.87. The first kappa shape index (κ1) is 39.6. The van der Waals surface area contributed by atoms with Gasteiger partial charge >= 0.3 is 156 Å². The van der Waals surface area contributed by atoms with E-state index in [1.54, 1.807) is 0 Å². The van der Waals surface area contributed by atoms with Crippen LogP contribution in [0.25, 0.3) is 0 Å². The average molecular weight is 462 g/mol. The third kappa shape index (κ3) is 8.01. The Morgan fingerprint density at radius 2 is 0.923 bits per heavy atom. The van der Waals surface area contributed by atoms with Crippen LogP contribution in [0.4, 0.5) is 0 Å². The summed E-state index contributed by atoms with van der Waals surface area (Å²) in [5.41, 5.74) is 0. The Morgan fingerprint density at radius 3 is 1.04 bits per heavy atom. The molecule has 0 aliphatic heterocycles. The Bertz CT molecular complexity index is 501. The van der Waals surface area contributed by atoms with Crippen LogP contribution in [-0.2, 0) is 28.2 Å². The summed E-state index contributed by atoms with van der Waals surface area (Å²) in [6.07, 6.45) is 0. The van der Waals surface area contributed by atoms with E-state index in [9.17, 15) is 28.9 Å². The second-order valence-corrected chi connectivity index (χ2v) is 7.34. The second kappa shape index (κ2) is 15.0. The van der Waals surface area contributed by atoms with Crippen molar-refractivity contribution in [2.45, 2.75) is 24.5 Å². The maximum absolute atomic E-state index is 11.6. The fourth-order valence-corrected chi connectivity index (χ4v) is 3.77. The Hall–Kier alpha value is 3.16. The van der Waals surface area contributed by atoms with Crippen molar-refractivity contribution in [3.8, 4) is 0 Å². The van der Waals surface area contributed by atoms with E-state index in [-0.39, 0.29) is 118 Å². The van der Waals surface area contributed by atoms with Crippen molar-refractivity contribution < 1.29 is 58.0 Å². The van der Waals surface area contributed by atoms with E-state index in [1.165, 1.54) is 0 Å². The van der Waals surface area contributed by atoms with Gasteiger partial charge in [0, 0.05) is 0 Å². The van der Waals surface area contributed by atoms with Gasteiger partial charge in [-0.2, -0.15) is 0 Å². The first-order valence-corrected chi connectivity index (χ1v) is 8.84. The zero-order chi connectivity index (χ0) is 18.0. The zero-order valence-corrected chi connectivity index (χ0v) is 13.2. The Balaban J connectivity index is -0.000000367. The molecule has 0 heterocycles. The third-order valence-corrected chi connectivity index (χ3v) is 5.32. The van der Waals surface area contributed by atoms with Crippen molar-refractivity contribution >= 4 is 145 Å². The summed E-state index contributed by atoms with van der Waals surface area (Å²) in [7, 11) is -12.5. The van der Waals surface area contributed by atoms with Crippen LogP contribution in [0.1, 0.15) is 13.8 Å². The van der Waals surface area contributed by atoms with E-state index < -0.39 is 51.0 Å². The van der Waals surface area contributed by atoms with E-state index in [0.29, 0.717) is 0 Å². The first-order chi connectivity index (χ1) is 9.71. The molecular formula is C8H20Na4O12P2. The zero-order valence-electron chi connectivity index (χ0n) is 11.4. The van der Waals surface area contributed by atoms with Gasteiger partial charge in [0.1, 0.15) is 0 Å². The van der Waals surface area contributed by atoms with Gasteiger partial charge in [-0.05, 0) is 13.8 Å². The van der Waals surface area contributed by atoms with Crippen LogP contribution in [0, 0.1) is 0 Å². The van der Waals surface area contributed by atoms with Gasteiger partial charge in [0.25, 0.3) is 0 Å². The Morgan fingerprint density at radius 1 is 0.731 bits per heavy atom. The minimum atomic E-state index is -6.23. The molecule has 26 heavy (non-hydrogen) atoms. The molecule has 0 rings (SSSR count).